The first-order chi connectivity index (χ1) is 15.0. The molecule has 0 aliphatic rings. The third kappa shape index (κ3) is 6.24. The van der Waals surface area contributed by atoms with Gasteiger partial charge in [-0.1, -0.05) is 37.5 Å². The van der Waals surface area contributed by atoms with E-state index in [0.29, 0.717) is 30.5 Å². The lowest BCUT2D eigenvalue weighted by Gasteiger charge is -2.24. The number of unbranched alkanes of at least 4 members (excludes halogenated alkanes) is 3. The van der Waals surface area contributed by atoms with Crippen molar-refractivity contribution in [2.45, 2.75) is 70.8 Å². The second-order valence-electron chi connectivity index (χ2n) is 9.13. The second kappa shape index (κ2) is 10.5. The van der Waals surface area contributed by atoms with Crippen molar-refractivity contribution in [1.29, 1.82) is 0 Å². The number of nitrogens with zero attached hydrogens (tertiary/aromatic N) is 1. The number of fused-ring (bicyclic) bond motifs is 1. The maximum Gasteiger partial charge on any atom is 0.418 e. The number of carboxylic acid groups (broad SMARTS) is 1. The van der Waals surface area contributed by atoms with Gasteiger partial charge in [0.15, 0.2) is 0 Å². The molecule has 1 aromatic heterocycles. The Labute approximate surface area is 188 Å². The topological polar surface area (TPSA) is 107 Å². The SMILES string of the molecule is COC(=O)n1cc(C(C)(CCCCCCNC(=O)OC(C)(C)C)C(=O)O)c2ccccc21. The van der Waals surface area contributed by atoms with Crippen LogP contribution in [0, 0.1) is 0 Å². The molecular weight excluding hydrogens is 412 g/mol. The number of carbonyl (C=O) groups excluding carboxylic acids is 2. The zero-order chi connectivity index (χ0) is 23.9. The molecule has 1 heterocycles. The molecule has 0 saturated heterocycles. The number of alkyl carbamates (subject to hydrolysis) is 1. The number of hydrogen-bond acceptors (Lipinski definition) is 5. The third-order valence-corrected chi connectivity index (χ3v) is 5.42. The number of carbonyl (C=O) groups is 3. The van der Waals surface area contributed by atoms with Gasteiger partial charge in [0, 0.05) is 18.1 Å². The molecule has 2 N–H and O–H groups in total. The van der Waals surface area contributed by atoms with Crippen molar-refractivity contribution in [2.75, 3.05) is 13.7 Å². The maximum absolute atomic E-state index is 12.3. The van der Waals surface area contributed by atoms with E-state index in [1.54, 1.807) is 25.3 Å². The fourth-order valence-corrected chi connectivity index (χ4v) is 3.69. The minimum atomic E-state index is -1.15. The van der Waals surface area contributed by atoms with Crippen molar-refractivity contribution in [2.24, 2.45) is 0 Å². The molecule has 1 amide bonds. The van der Waals surface area contributed by atoms with Gasteiger partial charge in [-0.05, 0) is 52.2 Å². The molecule has 0 radical (unpaired) electrons. The zero-order valence-corrected chi connectivity index (χ0v) is 19.6. The Bertz CT molecular complexity index is 959. The van der Waals surface area contributed by atoms with Gasteiger partial charge in [-0.25, -0.2) is 9.59 Å². The van der Waals surface area contributed by atoms with Gasteiger partial charge in [0.25, 0.3) is 0 Å². The van der Waals surface area contributed by atoms with Crippen LogP contribution in [0.1, 0.15) is 65.4 Å². The summed E-state index contributed by atoms with van der Waals surface area (Å²) in [4.78, 5) is 36.1. The van der Waals surface area contributed by atoms with E-state index in [1.807, 2.05) is 32.9 Å². The van der Waals surface area contributed by atoms with Crippen molar-refractivity contribution < 1.29 is 29.0 Å². The van der Waals surface area contributed by atoms with Crippen LogP contribution in [0.4, 0.5) is 9.59 Å². The van der Waals surface area contributed by atoms with Crippen LogP contribution in [0.15, 0.2) is 30.5 Å². The van der Waals surface area contributed by atoms with E-state index >= 15 is 0 Å². The monoisotopic (exact) mass is 446 g/mol. The van der Waals surface area contributed by atoms with Gasteiger partial charge >= 0.3 is 18.2 Å². The van der Waals surface area contributed by atoms with Crippen LogP contribution in [0.3, 0.4) is 0 Å². The van der Waals surface area contributed by atoms with Crippen molar-refractivity contribution in [3.05, 3.63) is 36.0 Å². The highest BCUT2D eigenvalue weighted by atomic mass is 16.6. The van der Waals surface area contributed by atoms with Gasteiger partial charge in [-0.3, -0.25) is 9.36 Å². The Morgan fingerprint density at radius 3 is 2.31 bits per heavy atom. The number of hydrogen-bond donors (Lipinski definition) is 2. The molecule has 2 rings (SSSR count). The Kier molecular flexibility index (Phi) is 8.30. The predicted molar refractivity (Wildman–Crippen MR) is 122 cm³/mol. The summed E-state index contributed by atoms with van der Waals surface area (Å²) in [6.07, 6.45) is 4.18. The Morgan fingerprint density at radius 2 is 1.69 bits per heavy atom. The summed E-state index contributed by atoms with van der Waals surface area (Å²) in [7, 11) is 1.30. The largest absolute Gasteiger partial charge is 0.481 e. The van der Waals surface area contributed by atoms with Crippen LogP contribution in [0.5, 0.6) is 0 Å². The summed E-state index contributed by atoms with van der Waals surface area (Å²) >= 11 is 0. The van der Waals surface area contributed by atoms with Gasteiger partial charge in [0.05, 0.1) is 18.0 Å². The zero-order valence-electron chi connectivity index (χ0n) is 19.6. The van der Waals surface area contributed by atoms with Crippen LogP contribution in [0.25, 0.3) is 10.9 Å². The molecule has 1 unspecified atom stereocenters. The van der Waals surface area contributed by atoms with E-state index in [1.165, 1.54) is 11.7 Å². The van der Waals surface area contributed by atoms with Crippen molar-refractivity contribution >= 4 is 29.1 Å². The summed E-state index contributed by atoms with van der Waals surface area (Å²) in [5.41, 5.74) is -0.455. The number of methoxy groups -OCH3 is 1. The molecule has 32 heavy (non-hydrogen) atoms. The molecule has 0 spiro atoms. The lowest BCUT2D eigenvalue weighted by molar-refractivity contribution is -0.143. The Balaban J connectivity index is 1.99. The first-order valence-corrected chi connectivity index (χ1v) is 10.9. The Hall–Kier alpha value is -3.03. The summed E-state index contributed by atoms with van der Waals surface area (Å²) in [6, 6.07) is 7.23. The molecule has 0 aliphatic heterocycles. The smallest absolute Gasteiger partial charge is 0.418 e. The standard InChI is InChI=1S/C24H34N2O6/c1-23(2,3)32-21(29)25-15-11-7-6-10-14-24(4,20(27)28)18-16-26(22(30)31-5)19-13-9-8-12-17(18)19/h8-9,12-13,16H,6-7,10-11,14-15H2,1-5H3,(H,25,29)(H,27,28). The van der Waals surface area contributed by atoms with Crippen LogP contribution < -0.4 is 5.32 Å². The molecular formula is C24H34N2O6. The molecule has 0 bridgehead atoms. The molecule has 1 aromatic carbocycles. The van der Waals surface area contributed by atoms with E-state index < -0.39 is 29.2 Å². The number of aliphatic carboxylic acids is 1. The first-order valence-electron chi connectivity index (χ1n) is 10.9. The molecule has 0 saturated carbocycles. The van der Waals surface area contributed by atoms with Gasteiger partial charge < -0.3 is 19.9 Å². The summed E-state index contributed by atoms with van der Waals surface area (Å²) in [6.45, 7) is 7.65. The minimum absolute atomic E-state index is 0.428. The number of ether oxygens (including phenoxy) is 2. The quantitative estimate of drug-likeness (QED) is 0.521. The number of amides is 1. The number of aromatic nitrogens is 1. The molecule has 176 valence electrons. The Morgan fingerprint density at radius 1 is 1.03 bits per heavy atom. The summed E-state index contributed by atoms with van der Waals surface area (Å²) in [5, 5.41) is 13.5. The molecule has 8 nitrogen and oxygen atoms in total. The lowest BCUT2D eigenvalue weighted by Crippen LogP contribution is -2.33. The fourth-order valence-electron chi connectivity index (χ4n) is 3.69. The van der Waals surface area contributed by atoms with Crippen molar-refractivity contribution in [1.82, 2.24) is 9.88 Å². The van der Waals surface area contributed by atoms with Crippen LogP contribution >= 0.6 is 0 Å². The van der Waals surface area contributed by atoms with Gasteiger partial charge in [-0.2, -0.15) is 0 Å². The average molecular weight is 447 g/mol. The van der Waals surface area contributed by atoms with E-state index in [9.17, 15) is 19.5 Å². The molecule has 2 aromatic rings. The van der Waals surface area contributed by atoms with Crippen molar-refractivity contribution in [3.8, 4) is 0 Å². The van der Waals surface area contributed by atoms with E-state index in [2.05, 4.69) is 5.32 Å². The minimum Gasteiger partial charge on any atom is -0.481 e. The van der Waals surface area contributed by atoms with Crippen molar-refractivity contribution in [3.63, 3.8) is 0 Å². The molecule has 0 aliphatic carbocycles. The number of rotatable bonds is 9. The predicted octanol–water partition coefficient (Wildman–Crippen LogP) is 5.07. The maximum atomic E-state index is 12.3. The van der Waals surface area contributed by atoms with Gasteiger partial charge in [-0.15, -0.1) is 0 Å². The summed E-state index contributed by atoms with van der Waals surface area (Å²) in [5.74, 6) is -0.933. The number of nitrogens with one attached hydrogen (secondary N) is 1. The van der Waals surface area contributed by atoms with E-state index in [4.69, 9.17) is 9.47 Å². The lowest BCUT2D eigenvalue weighted by atomic mass is 9.78. The highest BCUT2D eigenvalue weighted by molar-refractivity contribution is 5.96. The highest BCUT2D eigenvalue weighted by Gasteiger charge is 2.37. The average Bonchev–Trinajstić information content (AvgIpc) is 3.11. The van der Waals surface area contributed by atoms with E-state index in [-0.39, 0.29) is 0 Å². The summed E-state index contributed by atoms with van der Waals surface area (Å²) < 4.78 is 11.4. The van der Waals surface area contributed by atoms with Gasteiger partial charge in [0.2, 0.25) is 0 Å². The third-order valence-electron chi connectivity index (χ3n) is 5.42. The van der Waals surface area contributed by atoms with Crippen LogP contribution in [-0.2, 0) is 19.7 Å². The highest BCUT2D eigenvalue weighted by Crippen LogP contribution is 2.36. The number of para-hydroxylation sites is 1. The molecule has 1 atom stereocenters. The first kappa shape index (κ1) is 25.2. The normalized spacial score (nSPS) is 13.4. The molecule has 8 heteroatoms. The number of benzene rings is 1. The van der Waals surface area contributed by atoms with Crippen LogP contribution in [0.2, 0.25) is 0 Å². The number of carboxylic acids is 1. The fraction of sp³-hybridized carbons (Fsp3) is 0.542. The van der Waals surface area contributed by atoms with Gasteiger partial charge in [0.1, 0.15) is 5.60 Å². The van der Waals surface area contributed by atoms with E-state index in [0.717, 1.165) is 24.6 Å². The molecule has 0 fully saturated rings. The second-order valence-corrected chi connectivity index (χ2v) is 9.13. The van der Waals surface area contributed by atoms with Crippen LogP contribution in [-0.4, -0.2) is 47.1 Å².